The summed E-state index contributed by atoms with van der Waals surface area (Å²) in [6.45, 7) is 2.29. The monoisotopic (exact) mass is 191 g/mol. The maximum atomic E-state index is 8.61. The van der Waals surface area contributed by atoms with Gasteiger partial charge in [0.15, 0.2) is 0 Å². The highest BCUT2D eigenvalue weighted by atomic mass is 16.5. The van der Waals surface area contributed by atoms with Gasteiger partial charge in [0.05, 0.1) is 18.5 Å². The molecule has 1 aromatic rings. The van der Waals surface area contributed by atoms with E-state index in [4.69, 9.17) is 9.84 Å². The Bertz CT molecular complexity index is 336. The number of aliphatic hydroxyl groups is 1. The molecule has 0 unspecified atom stereocenters. The third-order valence-electron chi connectivity index (χ3n) is 2.26. The molecule has 74 valence electrons. The summed E-state index contributed by atoms with van der Waals surface area (Å²) in [5.74, 6) is 0.921. The van der Waals surface area contributed by atoms with Crippen molar-refractivity contribution in [2.75, 3.05) is 24.6 Å². The lowest BCUT2D eigenvalue weighted by atomic mass is 10.2. The molecule has 1 heterocycles. The topological polar surface area (TPSA) is 32.7 Å². The summed E-state index contributed by atoms with van der Waals surface area (Å²) in [4.78, 5) is 2.17. The summed E-state index contributed by atoms with van der Waals surface area (Å²) in [5.41, 5.74) is 1.09. The van der Waals surface area contributed by atoms with Crippen LogP contribution < -0.4 is 9.64 Å². The minimum Gasteiger partial charge on any atom is -0.516 e. The molecule has 1 aromatic carbocycles. The predicted molar refractivity (Wildman–Crippen MR) is 55.9 cm³/mol. The average Bonchev–Trinajstić information content (AvgIpc) is 2.26. The molecule has 0 aromatic heterocycles. The smallest absolute Gasteiger partial charge is 0.142 e. The Morgan fingerprint density at radius 1 is 1.43 bits per heavy atom. The van der Waals surface area contributed by atoms with Gasteiger partial charge in [0.25, 0.3) is 0 Å². The van der Waals surface area contributed by atoms with Crippen LogP contribution in [0, 0.1) is 0 Å². The molecule has 0 saturated carbocycles. The Hall–Kier alpha value is -1.64. The van der Waals surface area contributed by atoms with Crippen molar-refractivity contribution in [2.24, 2.45) is 0 Å². The lowest BCUT2D eigenvalue weighted by Gasteiger charge is -2.30. The molecule has 1 N–H and O–H groups in total. The second kappa shape index (κ2) is 4.05. The minimum absolute atomic E-state index is 0.705. The number of fused-ring (bicyclic) bond motifs is 1. The van der Waals surface area contributed by atoms with Gasteiger partial charge in [-0.3, -0.25) is 0 Å². The summed E-state index contributed by atoms with van der Waals surface area (Å²) >= 11 is 0. The first-order valence-corrected chi connectivity index (χ1v) is 4.68. The van der Waals surface area contributed by atoms with Gasteiger partial charge in [-0.1, -0.05) is 12.1 Å². The molecule has 0 amide bonds. The predicted octanol–water partition coefficient (Wildman–Crippen LogP) is 1.96. The molecule has 3 heteroatoms. The Labute approximate surface area is 83.2 Å². The molecule has 0 spiro atoms. The first-order chi connectivity index (χ1) is 6.92. The first-order valence-electron chi connectivity index (χ1n) is 4.68. The van der Waals surface area contributed by atoms with Crippen molar-refractivity contribution in [3.63, 3.8) is 0 Å². The molecule has 2 rings (SSSR count). The van der Waals surface area contributed by atoms with E-state index in [1.165, 1.54) is 0 Å². The molecule has 0 aliphatic carbocycles. The van der Waals surface area contributed by atoms with Crippen molar-refractivity contribution in [1.29, 1.82) is 0 Å². The van der Waals surface area contributed by atoms with E-state index in [0.717, 1.165) is 30.8 Å². The van der Waals surface area contributed by atoms with Gasteiger partial charge >= 0.3 is 0 Å². The van der Waals surface area contributed by atoms with Crippen LogP contribution in [0.4, 0.5) is 5.69 Å². The third kappa shape index (κ3) is 1.66. The van der Waals surface area contributed by atoms with E-state index in [1.54, 1.807) is 6.08 Å². The molecule has 1 aliphatic rings. The fourth-order valence-electron chi connectivity index (χ4n) is 1.59. The van der Waals surface area contributed by atoms with Gasteiger partial charge in [0, 0.05) is 6.54 Å². The van der Waals surface area contributed by atoms with Gasteiger partial charge in [0.1, 0.15) is 12.4 Å². The fourth-order valence-corrected chi connectivity index (χ4v) is 1.59. The Morgan fingerprint density at radius 3 is 3.14 bits per heavy atom. The Balaban J connectivity index is 2.22. The maximum absolute atomic E-state index is 8.61. The third-order valence-corrected chi connectivity index (χ3v) is 2.26. The van der Waals surface area contributed by atoms with Crippen molar-refractivity contribution in [3.05, 3.63) is 36.6 Å². The number of hydrogen-bond acceptors (Lipinski definition) is 3. The van der Waals surface area contributed by atoms with Crippen LogP contribution in [0.3, 0.4) is 0 Å². The highest BCUT2D eigenvalue weighted by Gasteiger charge is 2.15. The van der Waals surface area contributed by atoms with Crippen LogP contribution >= 0.6 is 0 Å². The van der Waals surface area contributed by atoms with Gasteiger partial charge in [-0.2, -0.15) is 0 Å². The number of nitrogens with zero attached hydrogens (tertiary/aromatic N) is 1. The van der Waals surface area contributed by atoms with Crippen molar-refractivity contribution in [3.8, 4) is 5.75 Å². The van der Waals surface area contributed by atoms with E-state index in [0.29, 0.717) is 6.61 Å². The lowest BCUT2D eigenvalue weighted by molar-refractivity contribution is 0.309. The van der Waals surface area contributed by atoms with Crippen molar-refractivity contribution < 1.29 is 9.84 Å². The van der Waals surface area contributed by atoms with Gasteiger partial charge < -0.3 is 14.7 Å². The zero-order valence-corrected chi connectivity index (χ0v) is 7.89. The minimum atomic E-state index is 0.705. The molecule has 14 heavy (non-hydrogen) atoms. The Kier molecular flexibility index (Phi) is 2.58. The summed E-state index contributed by atoms with van der Waals surface area (Å²) in [6.07, 6.45) is 2.81. The lowest BCUT2D eigenvalue weighted by Crippen LogP contribution is -2.32. The van der Waals surface area contributed by atoms with E-state index in [2.05, 4.69) is 4.90 Å². The van der Waals surface area contributed by atoms with E-state index in [9.17, 15) is 0 Å². The zero-order chi connectivity index (χ0) is 9.80. The summed E-state index contributed by atoms with van der Waals surface area (Å²) in [7, 11) is 0. The molecule has 0 fully saturated rings. The average molecular weight is 191 g/mol. The normalized spacial score (nSPS) is 15.3. The largest absolute Gasteiger partial charge is 0.516 e. The number of benzene rings is 1. The van der Waals surface area contributed by atoms with Crippen LogP contribution in [-0.2, 0) is 0 Å². The molecule has 0 atom stereocenters. The number of ether oxygens (including phenoxy) is 1. The molecular weight excluding hydrogens is 178 g/mol. The van der Waals surface area contributed by atoms with Crippen LogP contribution in [0.5, 0.6) is 5.75 Å². The van der Waals surface area contributed by atoms with Crippen molar-refractivity contribution >= 4 is 5.69 Å². The quantitative estimate of drug-likeness (QED) is 0.725. The number of para-hydroxylation sites is 2. The van der Waals surface area contributed by atoms with Gasteiger partial charge in [-0.25, -0.2) is 0 Å². The molecule has 0 radical (unpaired) electrons. The number of hydrogen-bond donors (Lipinski definition) is 1. The summed E-state index contributed by atoms with van der Waals surface area (Å²) < 4.78 is 5.51. The number of rotatable bonds is 2. The number of aliphatic hydroxyl groups excluding tert-OH is 1. The van der Waals surface area contributed by atoms with Gasteiger partial charge in [-0.05, 0) is 18.2 Å². The van der Waals surface area contributed by atoms with E-state index in [-0.39, 0.29) is 0 Å². The van der Waals surface area contributed by atoms with Crippen LogP contribution in [-0.4, -0.2) is 24.8 Å². The highest BCUT2D eigenvalue weighted by molar-refractivity contribution is 5.59. The SMILES string of the molecule is OC=CCN1CCOc2ccccc21. The standard InChI is InChI=1S/C11H13NO2/c13-8-3-6-12-7-9-14-11-5-2-1-4-10(11)12/h1-5,8,13H,6-7,9H2. The summed E-state index contributed by atoms with van der Waals surface area (Å²) in [5, 5.41) is 8.61. The summed E-state index contributed by atoms with van der Waals surface area (Å²) in [6, 6.07) is 7.94. The zero-order valence-electron chi connectivity index (χ0n) is 7.89. The molecule has 0 saturated heterocycles. The van der Waals surface area contributed by atoms with Crippen LogP contribution in [0.2, 0.25) is 0 Å². The highest BCUT2D eigenvalue weighted by Crippen LogP contribution is 2.30. The fraction of sp³-hybridized carbons (Fsp3) is 0.273. The molecule has 0 bridgehead atoms. The molecule has 3 nitrogen and oxygen atoms in total. The first kappa shape index (κ1) is 8.94. The van der Waals surface area contributed by atoms with Gasteiger partial charge in [-0.15, -0.1) is 0 Å². The van der Waals surface area contributed by atoms with Crippen LogP contribution in [0.1, 0.15) is 0 Å². The number of anilines is 1. The van der Waals surface area contributed by atoms with Gasteiger partial charge in [0.2, 0.25) is 0 Å². The van der Waals surface area contributed by atoms with Crippen LogP contribution in [0.15, 0.2) is 36.6 Å². The molecule has 1 aliphatic heterocycles. The Morgan fingerprint density at radius 2 is 2.29 bits per heavy atom. The van der Waals surface area contributed by atoms with E-state index < -0.39 is 0 Å². The van der Waals surface area contributed by atoms with Crippen molar-refractivity contribution in [2.45, 2.75) is 0 Å². The second-order valence-corrected chi connectivity index (χ2v) is 3.15. The van der Waals surface area contributed by atoms with E-state index in [1.807, 2.05) is 24.3 Å². The van der Waals surface area contributed by atoms with Crippen molar-refractivity contribution in [1.82, 2.24) is 0 Å². The van der Waals surface area contributed by atoms with E-state index >= 15 is 0 Å². The maximum Gasteiger partial charge on any atom is 0.142 e. The second-order valence-electron chi connectivity index (χ2n) is 3.15. The molecular formula is C11H13NO2. The van der Waals surface area contributed by atoms with Crippen LogP contribution in [0.25, 0.3) is 0 Å².